The van der Waals surface area contributed by atoms with Gasteiger partial charge in [0.15, 0.2) is 0 Å². The highest BCUT2D eigenvalue weighted by Gasteiger charge is 2.14. The van der Waals surface area contributed by atoms with Gasteiger partial charge in [0, 0.05) is 18.8 Å². The van der Waals surface area contributed by atoms with Gasteiger partial charge in [-0.2, -0.15) is 0 Å². The summed E-state index contributed by atoms with van der Waals surface area (Å²) < 4.78 is 0. The summed E-state index contributed by atoms with van der Waals surface area (Å²) in [6.45, 7) is 10.8. The summed E-state index contributed by atoms with van der Waals surface area (Å²) in [5.41, 5.74) is 6.88. The molecule has 0 aliphatic carbocycles. The Morgan fingerprint density at radius 1 is 1.24 bits per heavy atom. The Bertz CT molecular complexity index is 465. The van der Waals surface area contributed by atoms with Crippen LogP contribution in [-0.4, -0.2) is 30.4 Å². The molecule has 118 valence electrons. The molecule has 0 saturated carbocycles. The van der Waals surface area contributed by atoms with Gasteiger partial charge in [0.25, 0.3) is 0 Å². The van der Waals surface area contributed by atoms with Crippen molar-refractivity contribution in [2.75, 3.05) is 30.7 Å². The van der Waals surface area contributed by atoms with E-state index >= 15 is 0 Å². The number of benzene rings is 1. The van der Waals surface area contributed by atoms with E-state index in [1.807, 2.05) is 0 Å². The molecule has 0 bridgehead atoms. The molecule has 0 aliphatic rings. The largest absolute Gasteiger partial charge is 0.397 e. The molecule has 1 rings (SSSR count). The average molecular weight is 312 g/mol. The summed E-state index contributed by atoms with van der Waals surface area (Å²) in [5, 5.41) is 3.36. The molecule has 0 unspecified atom stereocenters. The summed E-state index contributed by atoms with van der Waals surface area (Å²) in [6, 6.07) is 5.12. The minimum Gasteiger partial charge on any atom is -0.397 e. The first-order valence-electron chi connectivity index (χ1n) is 7.35. The van der Waals surface area contributed by atoms with Crippen molar-refractivity contribution in [3.63, 3.8) is 0 Å². The van der Waals surface area contributed by atoms with Crippen LogP contribution in [-0.2, 0) is 4.79 Å². The number of hydrogen-bond donors (Lipinski definition) is 2. The first-order chi connectivity index (χ1) is 9.77. The highest BCUT2D eigenvalue weighted by Crippen LogP contribution is 2.22. The van der Waals surface area contributed by atoms with Gasteiger partial charge in [-0.15, -0.1) is 0 Å². The second-order valence-electron chi connectivity index (χ2n) is 6.27. The van der Waals surface area contributed by atoms with E-state index < -0.39 is 0 Å². The van der Waals surface area contributed by atoms with Crippen molar-refractivity contribution in [2.45, 2.75) is 27.7 Å². The summed E-state index contributed by atoms with van der Waals surface area (Å²) >= 11 is 5.87. The second kappa shape index (κ2) is 8.25. The maximum absolute atomic E-state index is 12.2. The number of hydrogen-bond acceptors (Lipinski definition) is 3. The maximum Gasteiger partial charge on any atom is 0.238 e. The number of nitrogen functional groups attached to an aromatic ring is 1. The number of nitrogens with one attached hydrogen (secondary N) is 1. The van der Waals surface area contributed by atoms with Gasteiger partial charge >= 0.3 is 0 Å². The molecule has 1 amide bonds. The number of halogens is 1. The van der Waals surface area contributed by atoms with Crippen LogP contribution >= 0.6 is 11.6 Å². The first kappa shape index (κ1) is 17.8. The molecule has 4 nitrogen and oxygen atoms in total. The lowest BCUT2D eigenvalue weighted by molar-refractivity contribution is -0.117. The number of nitrogens with zero attached hydrogens (tertiary/aromatic N) is 1. The van der Waals surface area contributed by atoms with Crippen LogP contribution in [0.5, 0.6) is 0 Å². The third kappa shape index (κ3) is 6.82. The molecule has 0 radical (unpaired) electrons. The fraction of sp³-hybridized carbons (Fsp3) is 0.562. The van der Waals surface area contributed by atoms with Gasteiger partial charge < -0.3 is 11.1 Å². The standard InChI is InChI=1S/C16H26ClN3O/c1-11(2)8-20(9-12(3)4)10-16(21)19-13-5-6-14(17)15(18)7-13/h5-7,11-12H,8-10,18H2,1-4H3,(H,19,21). The number of nitrogens with two attached hydrogens (primary N) is 1. The summed E-state index contributed by atoms with van der Waals surface area (Å²) in [6.07, 6.45) is 0. The van der Waals surface area contributed by atoms with Gasteiger partial charge in [-0.3, -0.25) is 9.69 Å². The molecule has 0 atom stereocenters. The molecule has 21 heavy (non-hydrogen) atoms. The van der Waals surface area contributed by atoms with Crippen molar-refractivity contribution in [3.05, 3.63) is 23.2 Å². The van der Waals surface area contributed by atoms with Crippen LogP contribution in [0.25, 0.3) is 0 Å². The molecule has 1 aromatic rings. The summed E-state index contributed by atoms with van der Waals surface area (Å²) in [5.74, 6) is 1.03. The lowest BCUT2D eigenvalue weighted by Crippen LogP contribution is -2.38. The third-order valence-corrected chi connectivity index (χ3v) is 3.24. The van der Waals surface area contributed by atoms with Crippen LogP contribution in [0.1, 0.15) is 27.7 Å². The smallest absolute Gasteiger partial charge is 0.238 e. The lowest BCUT2D eigenvalue weighted by atomic mass is 10.1. The van der Waals surface area contributed by atoms with Crippen molar-refractivity contribution in [3.8, 4) is 0 Å². The molecule has 0 saturated heterocycles. The monoisotopic (exact) mass is 311 g/mol. The van der Waals surface area contributed by atoms with E-state index in [-0.39, 0.29) is 5.91 Å². The van der Waals surface area contributed by atoms with Crippen molar-refractivity contribution in [2.24, 2.45) is 11.8 Å². The van der Waals surface area contributed by atoms with Gasteiger partial charge in [0.05, 0.1) is 17.3 Å². The van der Waals surface area contributed by atoms with E-state index in [1.54, 1.807) is 18.2 Å². The first-order valence-corrected chi connectivity index (χ1v) is 7.73. The molecule has 0 spiro atoms. The van der Waals surface area contributed by atoms with Crippen molar-refractivity contribution in [1.29, 1.82) is 0 Å². The molecule has 0 aliphatic heterocycles. The zero-order chi connectivity index (χ0) is 16.0. The molecule has 0 aromatic heterocycles. The third-order valence-electron chi connectivity index (χ3n) is 2.89. The van der Waals surface area contributed by atoms with Crippen molar-refractivity contribution < 1.29 is 4.79 Å². The average Bonchev–Trinajstić information content (AvgIpc) is 2.31. The quantitative estimate of drug-likeness (QED) is 0.758. The van der Waals surface area contributed by atoms with Crippen LogP contribution in [0.15, 0.2) is 18.2 Å². The van der Waals surface area contributed by atoms with Crippen LogP contribution in [0.4, 0.5) is 11.4 Å². The van der Waals surface area contributed by atoms with Crippen molar-refractivity contribution >= 4 is 28.9 Å². The van der Waals surface area contributed by atoms with E-state index in [0.29, 0.717) is 34.8 Å². The predicted octanol–water partition coefficient (Wildman–Crippen LogP) is 3.47. The molecule has 1 aromatic carbocycles. The summed E-state index contributed by atoms with van der Waals surface area (Å²) in [4.78, 5) is 14.3. The highest BCUT2D eigenvalue weighted by atomic mass is 35.5. The Morgan fingerprint density at radius 3 is 2.29 bits per heavy atom. The van der Waals surface area contributed by atoms with Gasteiger partial charge in [-0.25, -0.2) is 0 Å². The van der Waals surface area contributed by atoms with E-state index in [0.717, 1.165) is 13.1 Å². The number of anilines is 2. The number of carbonyl (C=O) groups is 1. The predicted molar refractivity (Wildman–Crippen MR) is 90.6 cm³/mol. The topological polar surface area (TPSA) is 58.4 Å². The molecule has 3 N–H and O–H groups in total. The fourth-order valence-electron chi connectivity index (χ4n) is 2.26. The van der Waals surface area contributed by atoms with Gasteiger partial charge in [-0.05, 0) is 30.0 Å². The molecule has 0 fully saturated rings. The Kier molecular flexibility index (Phi) is 6.99. The Labute approximate surface area is 132 Å². The molecule has 0 heterocycles. The number of amides is 1. The lowest BCUT2D eigenvalue weighted by Gasteiger charge is -2.25. The Hall–Kier alpha value is -1.26. The van der Waals surface area contributed by atoms with Crippen LogP contribution in [0, 0.1) is 11.8 Å². The minimum absolute atomic E-state index is 0.0296. The molecular weight excluding hydrogens is 286 g/mol. The highest BCUT2D eigenvalue weighted by molar-refractivity contribution is 6.33. The van der Waals surface area contributed by atoms with Gasteiger partial charge in [0.1, 0.15) is 0 Å². The summed E-state index contributed by atoms with van der Waals surface area (Å²) in [7, 11) is 0. The normalized spacial score (nSPS) is 11.4. The van der Waals surface area contributed by atoms with E-state index in [4.69, 9.17) is 17.3 Å². The van der Waals surface area contributed by atoms with Crippen LogP contribution in [0.2, 0.25) is 5.02 Å². The van der Waals surface area contributed by atoms with Crippen LogP contribution < -0.4 is 11.1 Å². The number of carbonyl (C=O) groups excluding carboxylic acids is 1. The van der Waals surface area contributed by atoms with Gasteiger partial charge in [0.2, 0.25) is 5.91 Å². The van der Waals surface area contributed by atoms with Gasteiger partial charge in [-0.1, -0.05) is 39.3 Å². The maximum atomic E-state index is 12.2. The second-order valence-corrected chi connectivity index (χ2v) is 6.67. The van der Waals surface area contributed by atoms with E-state index in [9.17, 15) is 4.79 Å². The SMILES string of the molecule is CC(C)CN(CC(=O)Nc1ccc(Cl)c(N)c1)CC(C)C. The van der Waals surface area contributed by atoms with Crippen LogP contribution in [0.3, 0.4) is 0 Å². The fourth-order valence-corrected chi connectivity index (χ4v) is 2.38. The van der Waals surface area contributed by atoms with Crippen molar-refractivity contribution in [1.82, 2.24) is 4.90 Å². The molecular formula is C16H26ClN3O. The number of rotatable bonds is 7. The Balaban J connectivity index is 2.61. The minimum atomic E-state index is -0.0296. The Morgan fingerprint density at radius 2 is 1.81 bits per heavy atom. The van der Waals surface area contributed by atoms with E-state index in [2.05, 4.69) is 37.9 Å². The molecule has 5 heteroatoms. The zero-order valence-electron chi connectivity index (χ0n) is 13.3. The zero-order valence-corrected chi connectivity index (χ0v) is 14.1. The van der Waals surface area contributed by atoms with E-state index in [1.165, 1.54) is 0 Å².